The zero-order valence-electron chi connectivity index (χ0n) is 19.7. The molecule has 0 amide bonds. The van der Waals surface area contributed by atoms with Gasteiger partial charge in [0.1, 0.15) is 0 Å². The molecule has 0 unspecified atom stereocenters. The fourth-order valence-corrected chi connectivity index (χ4v) is 3.67. The van der Waals surface area contributed by atoms with Gasteiger partial charge in [-0.15, -0.1) is 24.0 Å². The Morgan fingerprint density at radius 3 is 2.61 bits per heavy atom. The number of benzene rings is 2. The molecule has 0 aliphatic carbocycles. The highest BCUT2D eigenvalue weighted by molar-refractivity contribution is 14.0. The Labute approximate surface area is 213 Å². The highest BCUT2D eigenvalue weighted by atomic mass is 127. The lowest BCUT2D eigenvalue weighted by Crippen LogP contribution is -2.38. The molecule has 1 heterocycles. The van der Waals surface area contributed by atoms with Crippen LogP contribution in [0.25, 0.3) is 0 Å². The quantitative estimate of drug-likeness (QED) is 0.268. The fourth-order valence-electron chi connectivity index (χ4n) is 3.67. The standard InChI is InChI=1S/C25H34FN3O3.HI/c1-4-27-25(29(2)17-20-8-9-24(30-3)23(26)15-20)28-16-19-6-5-7-21(14-19)18-32-22-10-12-31-13-11-22;/h5-9,14-15,22H,4,10-13,16-18H2,1-3H3,(H,27,28);1H. The van der Waals surface area contributed by atoms with Gasteiger partial charge in [0.2, 0.25) is 0 Å². The molecule has 1 aliphatic rings. The summed E-state index contributed by atoms with van der Waals surface area (Å²) >= 11 is 0. The summed E-state index contributed by atoms with van der Waals surface area (Å²) in [6.45, 7) is 6.03. The molecule has 1 saturated heterocycles. The van der Waals surface area contributed by atoms with Crippen LogP contribution in [0.2, 0.25) is 0 Å². The van der Waals surface area contributed by atoms with Crippen LogP contribution in [0, 0.1) is 5.82 Å². The van der Waals surface area contributed by atoms with Gasteiger partial charge < -0.3 is 24.4 Å². The third-order valence-corrected chi connectivity index (χ3v) is 5.39. The number of ether oxygens (including phenoxy) is 3. The average molecular weight is 571 g/mol. The van der Waals surface area contributed by atoms with Gasteiger partial charge in [-0.05, 0) is 48.6 Å². The lowest BCUT2D eigenvalue weighted by atomic mass is 10.1. The number of rotatable bonds is 9. The van der Waals surface area contributed by atoms with E-state index in [0.717, 1.165) is 55.3 Å². The molecule has 1 N–H and O–H groups in total. The van der Waals surface area contributed by atoms with E-state index < -0.39 is 0 Å². The predicted octanol–water partition coefficient (Wildman–Crippen LogP) is 4.75. The summed E-state index contributed by atoms with van der Waals surface area (Å²) in [4.78, 5) is 6.77. The number of hydrogen-bond donors (Lipinski definition) is 1. The van der Waals surface area contributed by atoms with Crippen LogP contribution in [0.5, 0.6) is 5.75 Å². The van der Waals surface area contributed by atoms with Crippen LogP contribution in [-0.2, 0) is 29.2 Å². The van der Waals surface area contributed by atoms with Crippen molar-refractivity contribution in [1.29, 1.82) is 0 Å². The van der Waals surface area contributed by atoms with Crippen LogP contribution in [-0.4, -0.2) is 50.9 Å². The van der Waals surface area contributed by atoms with Crippen LogP contribution >= 0.6 is 24.0 Å². The number of aliphatic imine (C=N–C) groups is 1. The molecule has 3 rings (SSSR count). The molecule has 0 spiro atoms. The van der Waals surface area contributed by atoms with E-state index in [4.69, 9.17) is 19.2 Å². The van der Waals surface area contributed by atoms with Crippen molar-refractivity contribution >= 4 is 29.9 Å². The van der Waals surface area contributed by atoms with Crippen LogP contribution in [0.15, 0.2) is 47.5 Å². The summed E-state index contributed by atoms with van der Waals surface area (Å²) in [6, 6.07) is 13.4. The molecule has 0 radical (unpaired) electrons. The number of nitrogens with zero attached hydrogens (tertiary/aromatic N) is 2. The van der Waals surface area contributed by atoms with E-state index in [2.05, 4.69) is 23.5 Å². The molecular formula is C25H35FIN3O3. The molecule has 6 nitrogen and oxygen atoms in total. The topological polar surface area (TPSA) is 55.3 Å². The number of guanidine groups is 1. The molecule has 2 aromatic rings. The van der Waals surface area contributed by atoms with E-state index in [1.54, 1.807) is 6.07 Å². The minimum absolute atomic E-state index is 0. The lowest BCUT2D eigenvalue weighted by molar-refractivity contribution is -0.0390. The van der Waals surface area contributed by atoms with Crippen molar-refractivity contribution < 1.29 is 18.6 Å². The predicted molar refractivity (Wildman–Crippen MR) is 140 cm³/mol. The van der Waals surface area contributed by atoms with Gasteiger partial charge in [0.25, 0.3) is 0 Å². The van der Waals surface area contributed by atoms with Crippen molar-refractivity contribution in [3.05, 3.63) is 65.0 Å². The third kappa shape index (κ3) is 8.75. The summed E-state index contributed by atoms with van der Waals surface area (Å²) in [7, 11) is 3.41. The molecule has 0 bridgehead atoms. The van der Waals surface area contributed by atoms with Crippen LogP contribution < -0.4 is 10.1 Å². The molecular weight excluding hydrogens is 536 g/mol. The summed E-state index contributed by atoms with van der Waals surface area (Å²) in [5.41, 5.74) is 3.12. The molecule has 0 saturated carbocycles. The minimum atomic E-state index is -0.361. The molecule has 0 atom stereocenters. The number of methoxy groups -OCH3 is 1. The summed E-state index contributed by atoms with van der Waals surface area (Å²) in [5, 5.41) is 3.31. The van der Waals surface area contributed by atoms with E-state index in [0.29, 0.717) is 19.7 Å². The second kappa shape index (κ2) is 14.4. The van der Waals surface area contributed by atoms with Gasteiger partial charge in [-0.1, -0.05) is 30.3 Å². The number of halogens is 2. The van der Waals surface area contributed by atoms with Gasteiger partial charge in [0, 0.05) is 33.4 Å². The lowest BCUT2D eigenvalue weighted by Gasteiger charge is -2.23. The van der Waals surface area contributed by atoms with Crippen LogP contribution in [0.1, 0.15) is 36.5 Å². The number of hydrogen-bond acceptors (Lipinski definition) is 4. The third-order valence-electron chi connectivity index (χ3n) is 5.39. The second-order valence-corrected chi connectivity index (χ2v) is 7.94. The van der Waals surface area contributed by atoms with Crippen LogP contribution in [0.3, 0.4) is 0 Å². The number of nitrogens with one attached hydrogen (secondary N) is 1. The highest BCUT2D eigenvalue weighted by Crippen LogP contribution is 2.19. The van der Waals surface area contributed by atoms with Gasteiger partial charge in [0.15, 0.2) is 17.5 Å². The van der Waals surface area contributed by atoms with Crippen molar-refractivity contribution in [2.75, 3.05) is 33.9 Å². The van der Waals surface area contributed by atoms with Gasteiger partial charge in [0.05, 0.1) is 26.4 Å². The van der Waals surface area contributed by atoms with Gasteiger partial charge in [-0.3, -0.25) is 0 Å². The van der Waals surface area contributed by atoms with Crippen molar-refractivity contribution in [3.8, 4) is 5.75 Å². The highest BCUT2D eigenvalue weighted by Gasteiger charge is 2.14. The van der Waals surface area contributed by atoms with Crippen molar-refractivity contribution in [2.24, 2.45) is 4.99 Å². The first kappa shape index (κ1) is 27.3. The Morgan fingerprint density at radius 1 is 1.15 bits per heavy atom. The van der Waals surface area contributed by atoms with E-state index >= 15 is 0 Å². The van der Waals surface area contributed by atoms with E-state index in [-0.39, 0.29) is 41.6 Å². The minimum Gasteiger partial charge on any atom is -0.494 e. The van der Waals surface area contributed by atoms with E-state index in [9.17, 15) is 4.39 Å². The molecule has 182 valence electrons. The van der Waals surface area contributed by atoms with Crippen molar-refractivity contribution in [3.63, 3.8) is 0 Å². The first-order valence-electron chi connectivity index (χ1n) is 11.2. The zero-order valence-corrected chi connectivity index (χ0v) is 22.0. The summed E-state index contributed by atoms with van der Waals surface area (Å²) < 4.78 is 30.5. The largest absolute Gasteiger partial charge is 0.494 e. The maximum Gasteiger partial charge on any atom is 0.194 e. The van der Waals surface area contributed by atoms with E-state index in [1.807, 2.05) is 31.0 Å². The maximum absolute atomic E-state index is 14.0. The molecule has 1 aliphatic heterocycles. The first-order valence-corrected chi connectivity index (χ1v) is 11.2. The Morgan fingerprint density at radius 2 is 1.91 bits per heavy atom. The fraction of sp³-hybridized carbons (Fsp3) is 0.480. The maximum atomic E-state index is 14.0. The summed E-state index contributed by atoms with van der Waals surface area (Å²) in [6.07, 6.45) is 2.20. The van der Waals surface area contributed by atoms with Crippen molar-refractivity contribution in [2.45, 2.75) is 45.6 Å². The van der Waals surface area contributed by atoms with Gasteiger partial charge in [-0.25, -0.2) is 9.38 Å². The van der Waals surface area contributed by atoms with E-state index in [1.165, 1.54) is 13.2 Å². The molecule has 8 heteroatoms. The summed E-state index contributed by atoms with van der Waals surface area (Å²) in [5.74, 6) is 0.658. The Balaban J connectivity index is 0.00000385. The molecule has 2 aromatic carbocycles. The Hall–Kier alpha value is -1.91. The Bertz CT molecular complexity index is 891. The zero-order chi connectivity index (χ0) is 22.8. The molecule has 0 aromatic heterocycles. The van der Waals surface area contributed by atoms with Gasteiger partial charge in [-0.2, -0.15) is 0 Å². The SMILES string of the molecule is CCNC(=NCc1cccc(COC2CCOCC2)c1)N(C)Cc1ccc(OC)c(F)c1.I. The molecule has 33 heavy (non-hydrogen) atoms. The van der Waals surface area contributed by atoms with Crippen molar-refractivity contribution in [1.82, 2.24) is 10.2 Å². The smallest absolute Gasteiger partial charge is 0.194 e. The Kier molecular flexibility index (Phi) is 11.9. The van der Waals surface area contributed by atoms with Crippen LogP contribution in [0.4, 0.5) is 4.39 Å². The molecule has 1 fully saturated rings. The normalized spacial score (nSPS) is 14.5. The monoisotopic (exact) mass is 571 g/mol. The van der Waals surface area contributed by atoms with Gasteiger partial charge >= 0.3 is 0 Å². The first-order chi connectivity index (χ1) is 15.6. The average Bonchev–Trinajstić information content (AvgIpc) is 2.81. The second-order valence-electron chi connectivity index (χ2n) is 7.94.